The Morgan fingerprint density at radius 2 is 2.00 bits per heavy atom. The predicted octanol–water partition coefficient (Wildman–Crippen LogP) is 3.84. The monoisotopic (exact) mass is 286 g/mol. The number of rotatable bonds is 3. The second-order valence-corrected chi connectivity index (χ2v) is 5.09. The Hall–Kier alpha value is -2.36. The van der Waals surface area contributed by atoms with E-state index in [0.717, 1.165) is 23.2 Å². The van der Waals surface area contributed by atoms with E-state index in [0.29, 0.717) is 5.56 Å². The Morgan fingerprint density at radius 3 is 2.62 bits per heavy atom. The van der Waals surface area contributed by atoms with E-state index in [1.54, 1.807) is 6.92 Å². The number of aryl methyl sites for hydroxylation is 2. The number of halogens is 1. The minimum Gasteiger partial charge on any atom is -0.398 e. The highest BCUT2D eigenvalue weighted by Crippen LogP contribution is 2.23. The van der Waals surface area contributed by atoms with Gasteiger partial charge in [-0.25, -0.2) is 4.39 Å². The van der Waals surface area contributed by atoms with Crippen LogP contribution in [-0.2, 0) is 6.42 Å². The van der Waals surface area contributed by atoms with Crippen molar-refractivity contribution in [3.63, 3.8) is 0 Å². The van der Waals surface area contributed by atoms with Crippen molar-refractivity contribution in [3.8, 4) is 0 Å². The van der Waals surface area contributed by atoms with Gasteiger partial charge in [0.25, 0.3) is 5.91 Å². The highest BCUT2D eigenvalue weighted by molar-refractivity contribution is 6.05. The van der Waals surface area contributed by atoms with E-state index in [4.69, 9.17) is 5.73 Å². The number of nitrogen functional groups attached to an aromatic ring is 1. The molecule has 0 bridgehead atoms. The third-order valence-electron chi connectivity index (χ3n) is 3.63. The van der Waals surface area contributed by atoms with Crippen molar-refractivity contribution in [2.24, 2.45) is 0 Å². The molecule has 0 saturated carbocycles. The van der Waals surface area contributed by atoms with Gasteiger partial charge < -0.3 is 11.1 Å². The van der Waals surface area contributed by atoms with Gasteiger partial charge in [-0.15, -0.1) is 0 Å². The summed E-state index contributed by atoms with van der Waals surface area (Å²) in [6.07, 6.45) is 0.807. The molecule has 2 aromatic rings. The third kappa shape index (κ3) is 3.05. The van der Waals surface area contributed by atoms with E-state index in [-0.39, 0.29) is 17.2 Å². The summed E-state index contributed by atoms with van der Waals surface area (Å²) >= 11 is 0. The summed E-state index contributed by atoms with van der Waals surface area (Å²) in [5, 5.41) is 2.86. The molecule has 21 heavy (non-hydrogen) atoms. The molecule has 0 aliphatic rings. The zero-order chi connectivity index (χ0) is 15.6. The number of benzene rings is 2. The molecule has 0 fully saturated rings. The van der Waals surface area contributed by atoms with Gasteiger partial charge in [0.1, 0.15) is 5.82 Å². The molecule has 0 aromatic heterocycles. The van der Waals surface area contributed by atoms with Gasteiger partial charge >= 0.3 is 0 Å². The van der Waals surface area contributed by atoms with Crippen LogP contribution >= 0.6 is 0 Å². The zero-order valence-corrected chi connectivity index (χ0v) is 12.5. The van der Waals surface area contributed by atoms with Crippen LogP contribution in [0.25, 0.3) is 0 Å². The molecule has 0 heterocycles. The number of para-hydroxylation sites is 1. The van der Waals surface area contributed by atoms with Crippen molar-refractivity contribution in [2.75, 3.05) is 11.1 Å². The van der Waals surface area contributed by atoms with Crippen LogP contribution in [0.5, 0.6) is 0 Å². The first-order chi connectivity index (χ1) is 9.93. The van der Waals surface area contributed by atoms with Crippen molar-refractivity contribution in [3.05, 3.63) is 58.4 Å². The summed E-state index contributed by atoms with van der Waals surface area (Å²) in [6.45, 7) is 5.54. The fourth-order valence-electron chi connectivity index (χ4n) is 2.22. The van der Waals surface area contributed by atoms with Gasteiger partial charge in [-0.3, -0.25) is 4.79 Å². The molecule has 0 unspecified atom stereocenters. The molecule has 0 atom stereocenters. The molecule has 3 nitrogen and oxygen atoms in total. The van der Waals surface area contributed by atoms with Gasteiger partial charge in [-0.05, 0) is 43.5 Å². The molecule has 0 radical (unpaired) electrons. The number of nitrogens with two attached hydrogens (primary N) is 1. The van der Waals surface area contributed by atoms with Gasteiger partial charge in [-0.2, -0.15) is 0 Å². The molecular formula is C17H19FN2O. The lowest BCUT2D eigenvalue weighted by molar-refractivity contribution is 0.102. The average Bonchev–Trinajstić information content (AvgIpc) is 2.46. The lowest BCUT2D eigenvalue weighted by atomic mass is 10.0. The van der Waals surface area contributed by atoms with Crippen LogP contribution in [0.3, 0.4) is 0 Å². The normalized spacial score (nSPS) is 10.5. The number of anilines is 2. The van der Waals surface area contributed by atoms with E-state index in [1.165, 1.54) is 12.1 Å². The largest absolute Gasteiger partial charge is 0.398 e. The molecule has 0 saturated heterocycles. The Labute approximate surface area is 124 Å². The summed E-state index contributed by atoms with van der Waals surface area (Å²) in [5.74, 6) is -0.828. The van der Waals surface area contributed by atoms with Crippen molar-refractivity contribution in [1.29, 1.82) is 0 Å². The molecule has 0 aliphatic carbocycles. The van der Waals surface area contributed by atoms with Crippen molar-refractivity contribution < 1.29 is 9.18 Å². The first kappa shape index (κ1) is 15.0. The molecular weight excluding hydrogens is 267 g/mol. The summed E-state index contributed by atoms with van der Waals surface area (Å²) < 4.78 is 13.7. The van der Waals surface area contributed by atoms with Gasteiger partial charge in [0.15, 0.2) is 0 Å². The molecule has 2 rings (SSSR count). The lowest BCUT2D eigenvalue weighted by Crippen LogP contribution is -2.15. The van der Waals surface area contributed by atoms with Crippen LogP contribution in [0.1, 0.15) is 34.0 Å². The lowest BCUT2D eigenvalue weighted by Gasteiger charge is -2.13. The Morgan fingerprint density at radius 1 is 1.29 bits per heavy atom. The first-order valence-electron chi connectivity index (χ1n) is 6.89. The standard InChI is InChI=1S/C17H19FN2O/c1-4-12-7-5-6-10(2)16(12)20-17(21)13-8-14(18)11(3)15(19)9-13/h5-9H,4,19H2,1-3H3,(H,20,21). The number of hydrogen-bond donors (Lipinski definition) is 2. The second-order valence-electron chi connectivity index (χ2n) is 5.09. The van der Waals surface area contributed by atoms with Crippen molar-refractivity contribution in [1.82, 2.24) is 0 Å². The quantitative estimate of drug-likeness (QED) is 0.842. The topological polar surface area (TPSA) is 55.1 Å². The molecule has 0 spiro atoms. The maximum absolute atomic E-state index is 13.7. The molecule has 110 valence electrons. The second kappa shape index (κ2) is 5.95. The maximum atomic E-state index is 13.7. The minimum atomic E-state index is -0.472. The summed E-state index contributed by atoms with van der Waals surface area (Å²) in [7, 11) is 0. The average molecular weight is 286 g/mol. The van der Waals surface area contributed by atoms with E-state index in [9.17, 15) is 9.18 Å². The third-order valence-corrected chi connectivity index (χ3v) is 3.63. The van der Waals surface area contributed by atoms with Crippen LogP contribution in [0, 0.1) is 19.7 Å². The number of nitrogens with one attached hydrogen (secondary N) is 1. The molecule has 3 N–H and O–H groups in total. The zero-order valence-electron chi connectivity index (χ0n) is 12.5. The fraction of sp³-hybridized carbons (Fsp3) is 0.235. The predicted molar refractivity (Wildman–Crippen MR) is 84.1 cm³/mol. The Bertz CT molecular complexity index is 672. The van der Waals surface area contributed by atoms with Gasteiger partial charge in [-0.1, -0.05) is 25.1 Å². The molecule has 0 aliphatic heterocycles. The van der Waals surface area contributed by atoms with E-state index < -0.39 is 5.82 Å². The van der Waals surface area contributed by atoms with E-state index in [1.807, 2.05) is 32.0 Å². The number of amides is 1. The van der Waals surface area contributed by atoms with Crippen LogP contribution in [-0.4, -0.2) is 5.91 Å². The van der Waals surface area contributed by atoms with Crippen LogP contribution in [0.2, 0.25) is 0 Å². The summed E-state index contributed by atoms with van der Waals surface area (Å²) in [6, 6.07) is 8.56. The van der Waals surface area contributed by atoms with Crippen LogP contribution < -0.4 is 11.1 Å². The molecule has 4 heteroatoms. The molecule has 1 amide bonds. The fourth-order valence-corrected chi connectivity index (χ4v) is 2.22. The minimum absolute atomic E-state index is 0.223. The maximum Gasteiger partial charge on any atom is 0.255 e. The Balaban J connectivity index is 2.35. The van der Waals surface area contributed by atoms with Crippen molar-refractivity contribution >= 4 is 17.3 Å². The van der Waals surface area contributed by atoms with Gasteiger partial charge in [0.2, 0.25) is 0 Å². The smallest absolute Gasteiger partial charge is 0.255 e. The Kier molecular flexibility index (Phi) is 4.26. The SMILES string of the molecule is CCc1cccc(C)c1NC(=O)c1cc(N)c(C)c(F)c1. The first-order valence-corrected chi connectivity index (χ1v) is 6.89. The number of hydrogen-bond acceptors (Lipinski definition) is 2. The van der Waals surface area contributed by atoms with E-state index in [2.05, 4.69) is 5.32 Å². The summed E-state index contributed by atoms with van der Waals surface area (Å²) in [4.78, 5) is 12.3. The van der Waals surface area contributed by atoms with Gasteiger partial charge in [0, 0.05) is 22.5 Å². The highest BCUT2D eigenvalue weighted by Gasteiger charge is 2.13. The van der Waals surface area contributed by atoms with Crippen LogP contribution in [0.4, 0.5) is 15.8 Å². The number of carbonyl (C=O) groups is 1. The van der Waals surface area contributed by atoms with Crippen molar-refractivity contribution in [2.45, 2.75) is 27.2 Å². The van der Waals surface area contributed by atoms with E-state index >= 15 is 0 Å². The highest BCUT2D eigenvalue weighted by atomic mass is 19.1. The number of carbonyl (C=O) groups excluding carboxylic acids is 1. The van der Waals surface area contributed by atoms with Crippen LogP contribution in [0.15, 0.2) is 30.3 Å². The molecule has 2 aromatic carbocycles. The van der Waals surface area contributed by atoms with Gasteiger partial charge in [0.05, 0.1) is 0 Å². The summed E-state index contributed by atoms with van der Waals surface area (Å²) in [5.41, 5.74) is 9.38.